The second-order valence-corrected chi connectivity index (χ2v) is 5.05. The summed E-state index contributed by atoms with van der Waals surface area (Å²) in [7, 11) is 1.29. The summed E-state index contributed by atoms with van der Waals surface area (Å²) in [4.78, 5) is 37.6. The zero-order valence-corrected chi connectivity index (χ0v) is 11.8. The number of hydrogen-bond acceptors (Lipinski definition) is 5. The first-order valence-corrected chi connectivity index (χ1v) is 6.88. The van der Waals surface area contributed by atoms with Crippen molar-refractivity contribution in [1.82, 2.24) is 10.2 Å². The van der Waals surface area contributed by atoms with E-state index in [-0.39, 0.29) is 6.61 Å². The fourth-order valence-electron chi connectivity index (χ4n) is 2.43. The van der Waals surface area contributed by atoms with Gasteiger partial charge in [0.1, 0.15) is 6.04 Å². The summed E-state index contributed by atoms with van der Waals surface area (Å²) < 4.78 is 9.83. The molecule has 1 unspecified atom stereocenters. The molecule has 2 atom stereocenters. The quantitative estimate of drug-likeness (QED) is 0.415. The van der Waals surface area contributed by atoms with Gasteiger partial charge in [-0.15, -0.1) is 0 Å². The van der Waals surface area contributed by atoms with Gasteiger partial charge >= 0.3 is 5.97 Å². The number of hydrogen-bond donors (Lipinski definition) is 1. The maximum Gasteiger partial charge on any atom is 0.328 e. The van der Waals surface area contributed by atoms with Crippen LogP contribution in [0.3, 0.4) is 0 Å². The molecule has 2 fully saturated rings. The Morgan fingerprint density at radius 3 is 2.70 bits per heavy atom. The Bertz CT molecular complexity index is 419. The normalized spacial score (nSPS) is 28.1. The van der Waals surface area contributed by atoms with E-state index >= 15 is 0 Å². The summed E-state index contributed by atoms with van der Waals surface area (Å²) in [6.45, 7) is 2.95. The maximum atomic E-state index is 12.5. The molecule has 20 heavy (non-hydrogen) atoms. The highest BCUT2D eigenvalue weighted by Crippen LogP contribution is 2.33. The number of epoxide rings is 1. The minimum Gasteiger partial charge on any atom is -0.467 e. The average molecular weight is 284 g/mol. The third-order valence-corrected chi connectivity index (χ3v) is 3.67. The van der Waals surface area contributed by atoms with Crippen LogP contribution in [0.1, 0.15) is 26.2 Å². The van der Waals surface area contributed by atoms with E-state index in [2.05, 4.69) is 5.32 Å². The van der Waals surface area contributed by atoms with Gasteiger partial charge in [-0.3, -0.25) is 9.59 Å². The van der Waals surface area contributed by atoms with Gasteiger partial charge in [0.25, 0.3) is 11.8 Å². The number of carbonyl (C=O) groups excluding carboxylic acids is 3. The summed E-state index contributed by atoms with van der Waals surface area (Å²) in [5.74, 6) is -1.29. The zero-order chi connectivity index (χ0) is 14.8. The Morgan fingerprint density at radius 2 is 2.15 bits per heavy atom. The zero-order valence-electron chi connectivity index (χ0n) is 11.8. The number of likely N-dealkylation sites (tertiary alicyclic amines) is 1. The van der Waals surface area contributed by atoms with Crippen LogP contribution in [0.2, 0.25) is 0 Å². The lowest BCUT2D eigenvalue weighted by Gasteiger charge is -2.25. The Hall–Kier alpha value is -1.63. The summed E-state index contributed by atoms with van der Waals surface area (Å²) in [5, 5.41) is 2.67. The van der Waals surface area contributed by atoms with E-state index in [1.54, 1.807) is 0 Å². The first kappa shape index (κ1) is 14.8. The number of methoxy groups -OCH3 is 1. The topological polar surface area (TPSA) is 88.2 Å². The van der Waals surface area contributed by atoms with Crippen molar-refractivity contribution in [3.8, 4) is 0 Å². The van der Waals surface area contributed by atoms with Crippen molar-refractivity contribution >= 4 is 17.8 Å². The van der Waals surface area contributed by atoms with E-state index in [4.69, 9.17) is 9.47 Å². The monoisotopic (exact) mass is 284 g/mol. The lowest BCUT2D eigenvalue weighted by atomic mass is 10.1. The number of rotatable bonds is 5. The smallest absolute Gasteiger partial charge is 0.328 e. The SMILES string of the molecule is CCCNC(=O)C1(C(=O)N2CCC[C@H]2C(=O)OC)CO1. The van der Waals surface area contributed by atoms with Crippen LogP contribution in [0.5, 0.6) is 0 Å². The Balaban J connectivity index is 2.06. The van der Waals surface area contributed by atoms with Crippen molar-refractivity contribution in [2.75, 3.05) is 26.8 Å². The number of nitrogens with zero attached hydrogens (tertiary/aromatic N) is 1. The van der Waals surface area contributed by atoms with Crippen LogP contribution in [-0.2, 0) is 23.9 Å². The van der Waals surface area contributed by atoms with E-state index in [1.165, 1.54) is 12.0 Å². The molecule has 7 nitrogen and oxygen atoms in total. The molecule has 0 aliphatic carbocycles. The van der Waals surface area contributed by atoms with E-state index in [1.807, 2.05) is 6.92 Å². The van der Waals surface area contributed by atoms with Crippen LogP contribution in [-0.4, -0.2) is 61.1 Å². The lowest BCUT2D eigenvalue weighted by Crippen LogP contribution is -2.53. The number of amides is 2. The molecule has 7 heteroatoms. The minimum atomic E-state index is -1.42. The summed E-state index contributed by atoms with van der Waals surface area (Å²) in [6.07, 6.45) is 2.06. The third-order valence-electron chi connectivity index (χ3n) is 3.67. The fourth-order valence-corrected chi connectivity index (χ4v) is 2.43. The van der Waals surface area contributed by atoms with Gasteiger partial charge in [-0.25, -0.2) is 4.79 Å². The van der Waals surface area contributed by atoms with Crippen LogP contribution < -0.4 is 5.32 Å². The highest BCUT2D eigenvalue weighted by molar-refractivity contribution is 6.11. The molecule has 112 valence electrons. The lowest BCUT2D eigenvalue weighted by molar-refractivity contribution is -0.154. The van der Waals surface area contributed by atoms with Gasteiger partial charge in [-0.05, 0) is 19.3 Å². The molecule has 0 aromatic rings. The molecule has 2 saturated heterocycles. The molecule has 0 aromatic heterocycles. The van der Waals surface area contributed by atoms with E-state index < -0.39 is 29.4 Å². The van der Waals surface area contributed by atoms with E-state index in [0.717, 1.165) is 12.8 Å². The van der Waals surface area contributed by atoms with Gasteiger partial charge in [0, 0.05) is 13.1 Å². The standard InChI is InChI=1S/C13H20N2O5/c1-3-6-14-11(17)13(8-20-13)12(18)15-7-4-5-9(15)10(16)19-2/h9H,3-8H2,1-2H3,(H,14,17)/t9-,13?/m0/s1. The van der Waals surface area contributed by atoms with Crippen LogP contribution in [0.25, 0.3) is 0 Å². The second-order valence-electron chi connectivity index (χ2n) is 5.05. The molecule has 2 amide bonds. The number of nitrogens with one attached hydrogen (secondary N) is 1. The third kappa shape index (κ3) is 2.49. The summed E-state index contributed by atoms with van der Waals surface area (Å²) >= 11 is 0. The average Bonchev–Trinajstić information content (AvgIpc) is 3.13. The van der Waals surface area contributed by atoms with Crippen molar-refractivity contribution in [3.63, 3.8) is 0 Å². The van der Waals surface area contributed by atoms with Crippen LogP contribution in [0, 0.1) is 0 Å². The molecule has 1 N–H and O–H groups in total. The van der Waals surface area contributed by atoms with Gasteiger partial charge in [-0.2, -0.15) is 0 Å². The van der Waals surface area contributed by atoms with Gasteiger partial charge < -0.3 is 19.7 Å². The molecule has 0 spiro atoms. The molecule has 2 heterocycles. The number of esters is 1. The van der Waals surface area contributed by atoms with Gasteiger partial charge in [0.15, 0.2) is 0 Å². The molecule has 2 rings (SSSR count). The van der Waals surface area contributed by atoms with Crippen LogP contribution in [0.4, 0.5) is 0 Å². The first-order chi connectivity index (χ1) is 9.56. The first-order valence-electron chi connectivity index (χ1n) is 6.88. The Labute approximate surface area is 117 Å². The van der Waals surface area contributed by atoms with Crippen LogP contribution >= 0.6 is 0 Å². The molecule has 0 aromatic carbocycles. The highest BCUT2D eigenvalue weighted by atomic mass is 16.6. The molecule has 0 saturated carbocycles. The van der Waals surface area contributed by atoms with E-state index in [0.29, 0.717) is 19.5 Å². The van der Waals surface area contributed by atoms with Gasteiger partial charge in [0.05, 0.1) is 13.7 Å². The van der Waals surface area contributed by atoms with Crippen molar-refractivity contribution in [2.24, 2.45) is 0 Å². The molecular formula is C13H20N2O5. The maximum absolute atomic E-state index is 12.5. The molecule has 2 aliphatic heterocycles. The highest BCUT2D eigenvalue weighted by Gasteiger charge is 2.62. The second kappa shape index (κ2) is 5.78. The number of ether oxygens (including phenoxy) is 2. The predicted molar refractivity (Wildman–Crippen MR) is 68.7 cm³/mol. The summed E-state index contributed by atoms with van der Waals surface area (Å²) in [6, 6.07) is -0.604. The van der Waals surface area contributed by atoms with Gasteiger partial charge in [0.2, 0.25) is 5.60 Å². The Morgan fingerprint density at radius 1 is 1.45 bits per heavy atom. The molecule has 0 bridgehead atoms. The summed E-state index contributed by atoms with van der Waals surface area (Å²) in [5.41, 5.74) is -1.42. The molecule has 2 aliphatic rings. The predicted octanol–water partition coefficient (Wildman–Crippen LogP) is -0.554. The Kier molecular flexibility index (Phi) is 4.27. The largest absolute Gasteiger partial charge is 0.467 e. The van der Waals surface area contributed by atoms with E-state index in [9.17, 15) is 14.4 Å². The van der Waals surface area contributed by atoms with Crippen LogP contribution in [0.15, 0.2) is 0 Å². The van der Waals surface area contributed by atoms with Crippen molar-refractivity contribution in [1.29, 1.82) is 0 Å². The van der Waals surface area contributed by atoms with Crippen molar-refractivity contribution in [3.05, 3.63) is 0 Å². The fraction of sp³-hybridized carbons (Fsp3) is 0.769. The molecular weight excluding hydrogens is 264 g/mol. The van der Waals surface area contributed by atoms with Crippen molar-refractivity contribution < 1.29 is 23.9 Å². The van der Waals surface area contributed by atoms with Gasteiger partial charge in [-0.1, -0.05) is 6.92 Å². The van der Waals surface area contributed by atoms with Crippen molar-refractivity contribution in [2.45, 2.75) is 37.8 Å². The molecule has 0 radical (unpaired) electrons. The number of carbonyl (C=O) groups is 3. The minimum absolute atomic E-state index is 0.0752.